The Morgan fingerprint density at radius 3 is 3.06 bits per heavy atom. The standard InChI is InChI=1S/C10H13N3O3/c14-9(7-3-4-7)6-12-8-2-1-5-11-10(8)13(15)16/h1-2,5,7,9,12,14H,3-4,6H2. The zero-order valence-electron chi connectivity index (χ0n) is 8.67. The zero-order valence-corrected chi connectivity index (χ0v) is 8.67. The van der Waals surface area contributed by atoms with Gasteiger partial charge in [0.15, 0.2) is 0 Å². The van der Waals surface area contributed by atoms with Crippen molar-refractivity contribution in [3.8, 4) is 0 Å². The van der Waals surface area contributed by atoms with Gasteiger partial charge in [-0.15, -0.1) is 0 Å². The number of anilines is 1. The highest BCUT2D eigenvalue weighted by atomic mass is 16.6. The van der Waals surface area contributed by atoms with Crippen molar-refractivity contribution in [3.05, 3.63) is 28.4 Å². The van der Waals surface area contributed by atoms with E-state index in [0.717, 1.165) is 12.8 Å². The minimum absolute atomic E-state index is 0.203. The molecule has 1 aliphatic carbocycles. The molecule has 1 aromatic rings. The number of aromatic nitrogens is 1. The Bertz CT molecular complexity index is 393. The van der Waals surface area contributed by atoms with Crippen molar-refractivity contribution >= 4 is 11.5 Å². The third kappa shape index (κ3) is 2.46. The SMILES string of the molecule is O=[N+]([O-])c1ncccc1NCC(O)C1CC1. The van der Waals surface area contributed by atoms with Crippen LogP contribution in [-0.2, 0) is 0 Å². The number of rotatable bonds is 5. The van der Waals surface area contributed by atoms with Gasteiger partial charge >= 0.3 is 5.82 Å². The monoisotopic (exact) mass is 223 g/mol. The van der Waals surface area contributed by atoms with E-state index in [2.05, 4.69) is 10.3 Å². The molecule has 0 saturated heterocycles. The van der Waals surface area contributed by atoms with E-state index < -0.39 is 11.0 Å². The Hall–Kier alpha value is -1.69. The van der Waals surface area contributed by atoms with Crippen molar-refractivity contribution in [1.82, 2.24) is 4.98 Å². The van der Waals surface area contributed by atoms with E-state index in [4.69, 9.17) is 0 Å². The predicted octanol–water partition coefficient (Wildman–Crippen LogP) is 1.17. The lowest BCUT2D eigenvalue weighted by molar-refractivity contribution is -0.388. The maximum Gasteiger partial charge on any atom is 0.386 e. The molecule has 1 aromatic heterocycles. The quantitative estimate of drug-likeness (QED) is 0.578. The fourth-order valence-corrected chi connectivity index (χ4v) is 1.54. The van der Waals surface area contributed by atoms with Crippen molar-refractivity contribution in [1.29, 1.82) is 0 Å². The molecule has 0 bridgehead atoms. The number of pyridine rings is 1. The topological polar surface area (TPSA) is 88.3 Å². The first kappa shape index (κ1) is 10.8. The highest BCUT2D eigenvalue weighted by Gasteiger charge is 2.29. The molecule has 6 nitrogen and oxygen atoms in total. The zero-order chi connectivity index (χ0) is 11.5. The Kier molecular flexibility index (Phi) is 3.00. The van der Waals surface area contributed by atoms with Crippen molar-refractivity contribution < 1.29 is 10.0 Å². The summed E-state index contributed by atoms with van der Waals surface area (Å²) in [5.41, 5.74) is 0.354. The van der Waals surface area contributed by atoms with Gasteiger partial charge in [-0.3, -0.25) is 0 Å². The van der Waals surface area contributed by atoms with E-state index >= 15 is 0 Å². The summed E-state index contributed by atoms with van der Waals surface area (Å²) < 4.78 is 0. The lowest BCUT2D eigenvalue weighted by Gasteiger charge is -2.11. The lowest BCUT2D eigenvalue weighted by atomic mass is 10.2. The number of hydrogen-bond donors (Lipinski definition) is 2. The van der Waals surface area contributed by atoms with Crippen molar-refractivity contribution in [2.24, 2.45) is 5.92 Å². The molecule has 0 spiro atoms. The molecule has 86 valence electrons. The van der Waals surface area contributed by atoms with Crippen LogP contribution in [0, 0.1) is 16.0 Å². The second kappa shape index (κ2) is 4.44. The van der Waals surface area contributed by atoms with Gasteiger partial charge in [-0.2, -0.15) is 0 Å². The van der Waals surface area contributed by atoms with Crippen LogP contribution in [0.1, 0.15) is 12.8 Å². The van der Waals surface area contributed by atoms with Gasteiger partial charge in [0, 0.05) is 6.54 Å². The van der Waals surface area contributed by atoms with Crippen LogP contribution in [0.15, 0.2) is 18.3 Å². The van der Waals surface area contributed by atoms with Crippen LogP contribution in [0.2, 0.25) is 0 Å². The van der Waals surface area contributed by atoms with Gasteiger partial charge in [0.2, 0.25) is 0 Å². The maximum atomic E-state index is 10.7. The van der Waals surface area contributed by atoms with E-state index in [1.54, 1.807) is 12.1 Å². The molecular formula is C10H13N3O3. The molecule has 2 rings (SSSR count). The van der Waals surface area contributed by atoms with Gasteiger partial charge < -0.3 is 20.5 Å². The highest BCUT2D eigenvalue weighted by Crippen LogP contribution is 2.32. The minimum Gasteiger partial charge on any atom is -0.391 e. The molecule has 1 unspecified atom stereocenters. The number of nitro groups is 1. The molecule has 1 heterocycles. The fraction of sp³-hybridized carbons (Fsp3) is 0.500. The summed E-state index contributed by atoms with van der Waals surface area (Å²) in [6, 6.07) is 3.21. The number of nitrogens with one attached hydrogen (secondary N) is 1. The van der Waals surface area contributed by atoms with Crippen molar-refractivity contribution in [2.45, 2.75) is 18.9 Å². The Balaban J connectivity index is 1.99. The molecule has 2 N–H and O–H groups in total. The number of aliphatic hydroxyl groups excluding tert-OH is 1. The molecule has 6 heteroatoms. The van der Waals surface area contributed by atoms with Crippen molar-refractivity contribution in [2.75, 3.05) is 11.9 Å². The van der Waals surface area contributed by atoms with Crippen LogP contribution in [0.4, 0.5) is 11.5 Å². The second-order valence-electron chi connectivity index (χ2n) is 3.92. The molecule has 1 aliphatic rings. The highest BCUT2D eigenvalue weighted by molar-refractivity contribution is 5.56. The van der Waals surface area contributed by atoms with E-state index in [1.165, 1.54) is 6.20 Å². The lowest BCUT2D eigenvalue weighted by Crippen LogP contribution is -2.21. The molecule has 16 heavy (non-hydrogen) atoms. The van der Waals surface area contributed by atoms with E-state index in [1.807, 2.05) is 0 Å². The average molecular weight is 223 g/mol. The molecular weight excluding hydrogens is 210 g/mol. The van der Waals surface area contributed by atoms with Crippen LogP contribution in [0.5, 0.6) is 0 Å². The number of aliphatic hydroxyl groups is 1. The smallest absolute Gasteiger partial charge is 0.386 e. The van der Waals surface area contributed by atoms with Crippen LogP contribution in [0.3, 0.4) is 0 Å². The number of hydrogen-bond acceptors (Lipinski definition) is 5. The van der Waals surface area contributed by atoms with Crippen LogP contribution < -0.4 is 5.32 Å². The van der Waals surface area contributed by atoms with E-state index in [-0.39, 0.29) is 5.82 Å². The van der Waals surface area contributed by atoms with Crippen LogP contribution in [0.25, 0.3) is 0 Å². The van der Waals surface area contributed by atoms with E-state index in [0.29, 0.717) is 18.2 Å². The van der Waals surface area contributed by atoms with Gasteiger partial charge in [0.05, 0.1) is 6.10 Å². The third-order valence-electron chi connectivity index (χ3n) is 2.63. The third-order valence-corrected chi connectivity index (χ3v) is 2.63. The summed E-state index contributed by atoms with van der Waals surface area (Å²) >= 11 is 0. The Morgan fingerprint density at radius 2 is 2.44 bits per heavy atom. The Morgan fingerprint density at radius 1 is 1.69 bits per heavy atom. The molecule has 1 fully saturated rings. The molecule has 1 atom stereocenters. The normalized spacial score (nSPS) is 16.8. The van der Waals surface area contributed by atoms with Crippen LogP contribution in [-0.4, -0.2) is 27.7 Å². The molecule has 0 amide bonds. The van der Waals surface area contributed by atoms with Gasteiger partial charge in [-0.1, -0.05) is 0 Å². The molecule has 0 aliphatic heterocycles. The average Bonchev–Trinajstić information content (AvgIpc) is 3.10. The summed E-state index contributed by atoms with van der Waals surface area (Å²) in [5, 5.41) is 23.1. The minimum atomic E-state index is -0.536. The maximum absolute atomic E-state index is 10.7. The summed E-state index contributed by atoms with van der Waals surface area (Å²) in [6.07, 6.45) is 3.02. The fourth-order valence-electron chi connectivity index (χ4n) is 1.54. The molecule has 0 radical (unpaired) electrons. The summed E-state index contributed by atoms with van der Waals surface area (Å²) in [4.78, 5) is 13.8. The van der Waals surface area contributed by atoms with Gasteiger partial charge in [0.25, 0.3) is 0 Å². The first-order valence-electron chi connectivity index (χ1n) is 5.20. The number of nitrogens with zero attached hydrogens (tertiary/aromatic N) is 2. The summed E-state index contributed by atoms with van der Waals surface area (Å²) in [6.45, 7) is 0.331. The van der Waals surface area contributed by atoms with Gasteiger partial charge in [-0.05, 0) is 40.8 Å². The molecule has 0 aromatic carbocycles. The van der Waals surface area contributed by atoms with E-state index in [9.17, 15) is 15.2 Å². The van der Waals surface area contributed by atoms with Gasteiger partial charge in [0.1, 0.15) is 11.9 Å². The van der Waals surface area contributed by atoms with Crippen molar-refractivity contribution in [3.63, 3.8) is 0 Å². The van der Waals surface area contributed by atoms with Gasteiger partial charge in [-0.25, -0.2) is 0 Å². The summed E-state index contributed by atoms with van der Waals surface area (Å²) in [7, 11) is 0. The Labute approximate surface area is 92.5 Å². The first-order valence-corrected chi connectivity index (χ1v) is 5.20. The first-order chi connectivity index (χ1) is 7.68. The largest absolute Gasteiger partial charge is 0.391 e. The predicted molar refractivity (Wildman–Crippen MR) is 58.1 cm³/mol. The second-order valence-corrected chi connectivity index (χ2v) is 3.92. The van der Waals surface area contributed by atoms with Crippen LogP contribution >= 0.6 is 0 Å². The molecule has 1 saturated carbocycles. The summed E-state index contributed by atoms with van der Waals surface area (Å²) in [5.74, 6) is 0.147.